The molecule has 6 heteroatoms. The number of allylic oxidation sites excluding steroid dienone is 2. The summed E-state index contributed by atoms with van der Waals surface area (Å²) in [6.07, 6.45) is -0.406. The average Bonchev–Trinajstić information content (AvgIpc) is 2.72. The van der Waals surface area contributed by atoms with E-state index in [1.54, 1.807) is 6.92 Å². The van der Waals surface area contributed by atoms with Crippen LogP contribution in [0.4, 0.5) is 0 Å². The van der Waals surface area contributed by atoms with Gasteiger partial charge in [0.1, 0.15) is 18.3 Å². The van der Waals surface area contributed by atoms with Crippen molar-refractivity contribution in [3.63, 3.8) is 0 Å². The molecule has 0 radical (unpaired) electrons. The van der Waals surface area contributed by atoms with Crippen molar-refractivity contribution in [2.24, 2.45) is 5.92 Å². The van der Waals surface area contributed by atoms with Crippen molar-refractivity contribution in [1.29, 1.82) is 0 Å². The summed E-state index contributed by atoms with van der Waals surface area (Å²) in [6.45, 7) is 12.3. The van der Waals surface area contributed by atoms with Gasteiger partial charge in [0, 0.05) is 11.5 Å². The maximum Gasteiger partial charge on any atom is 0.229 e. The van der Waals surface area contributed by atoms with Gasteiger partial charge in [0.25, 0.3) is 0 Å². The van der Waals surface area contributed by atoms with Crippen LogP contribution in [0, 0.1) is 12.8 Å². The summed E-state index contributed by atoms with van der Waals surface area (Å²) in [5.74, 6) is 1.79. The van der Waals surface area contributed by atoms with Gasteiger partial charge in [-0.25, -0.2) is 0 Å². The minimum Gasteiger partial charge on any atom is -0.504 e. The Kier molecular flexibility index (Phi) is 6.36. The van der Waals surface area contributed by atoms with Gasteiger partial charge in [-0.1, -0.05) is 25.5 Å². The van der Waals surface area contributed by atoms with Crippen LogP contribution in [0.1, 0.15) is 93.9 Å². The summed E-state index contributed by atoms with van der Waals surface area (Å²) in [6, 6.07) is 0. The quantitative estimate of drug-likeness (QED) is 0.524. The second-order valence-corrected chi connectivity index (χ2v) is 10.5. The van der Waals surface area contributed by atoms with Gasteiger partial charge in [0.15, 0.2) is 11.5 Å². The summed E-state index contributed by atoms with van der Waals surface area (Å²) >= 11 is 0. The smallest absolute Gasteiger partial charge is 0.229 e. The standard InChI is InChI=1S/C26H38O6/c1-11(2)9-16-10-13(4)17-8-7-12(3)18-20(17)19(16)14(5)21(27)25(18)32-26-24(30)23(29)22(28)15(6)31-26/h9,12-13,15-17,22-24,26-30H,7-8,10H2,1-6H3. The molecule has 32 heavy (non-hydrogen) atoms. The number of aliphatic hydroxyl groups excluding tert-OH is 3. The number of benzene rings is 1. The highest BCUT2D eigenvalue weighted by atomic mass is 16.7. The van der Waals surface area contributed by atoms with Crippen molar-refractivity contribution in [1.82, 2.24) is 0 Å². The Hall–Kier alpha value is -1.60. The fourth-order valence-electron chi connectivity index (χ4n) is 6.13. The number of aliphatic hydroxyl groups is 3. The van der Waals surface area contributed by atoms with E-state index in [0.717, 1.165) is 30.4 Å². The first-order chi connectivity index (χ1) is 15.0. The normalized spacial score (nSPS) is 38.7. The molecule has 1 aliphatic heterocycles. The van der Waals surface area contributed by atoms with Gasteiger partial charge in [-0.2, -0.15) is 0 Å². The van der Waals surface area contributed by atoms with Gasteiger partial charge in [0.05, 0.1) is 6.10 Å². The number of hydrogen-bond donors (Lipinski definition) is 4. The molecular formula is C26H38O6. The highest BCUT2D eigenvalue weighted by molar-refractivity contribution is 5.64. The molecule has 6 nitrogen and oxygen atoms in total. The van der Waals surface area contributed by atoms with Crippen LogP contribution in [-0.2, 0) is 4.74 Å². The molecule has 2 aliphatic carbocycles. The molecule has 1 fully saturated rings. The van der Waals surface area contributed by atoms with Crippen molar-refractivity contribution in [3.05, 3.63) is 33.9 Å². The van der Waals surface area contributed by atoms with Crippen molar-refractivity contribution in [2.45, 2.75) is 109 Å². The van der Waals surface area contributed by atoms with E-state index >= 15 is 0 Å². The van der Waals surface area contributed by atoms with Gasteiger partial charge >= 0.3 is 0 Å². The maximum absolute atomic E-state index is 11.3. The molecule has 0 aromatic heterocycles. The van der Waals surface area contributed by atoms with Crippen LogP contribution < -0.4 is 4.74 Å². The lowest BCUT2D eigenvalue weighted by Gasteiger charge is -2.44. The van der Waals surface area contributed by atoms with Crippen molar-refractivity contribution in [2.75, 3.05) is 0 Å². The first-order valence-electron chi connectivity index (χ1n) is 11.9. The van der Waals surface area contributed by atoms with Gasteiger partial charge in [-0.3, -0.25) is 0 Å². The summed E-state index contributed by atoms with van der Waals surface area (Å²) in [5.41, 5.74) is 5.58. The molecule has 0 saturated carbocycles. The Morgan fingerprint density at radius 1 is 0.969 bits per heavy atom. The van der Waals surface area contributed by atoms with E-state index in [1.165, 1.54) is 16.7 Å². The first-order valence-corrected chi connectivity index (χ1v) is 11.9. The number of ether oxygens (including phenoxy) is 2. The van der Waals surface area contributed by atoms with E-state index in [0.29, 0.717) is 17.6 Å². The van der Waals surface area contributed by atoms with Crippen molar-refractivity contribution < 1.29 is 29.9 Å². The van der Waals surface area contributed by atoms with E-state index in [9.17, 15) is 20.4 Å². The molecule has 178 valence electrons. The fraction of sp³-hybridized carbons (Fsp3) is 0.692. The Labute approximate surface area is 190 Å². The minimum absolute atomic E-state index is 0.0806. The summed E-state index contributed by atoms with van der Waals surface area (Å²) in [7, 11) is 0. The number of hydrogen-bond acceptors (Lipinski definition) is 6. The summed E-state index contributed by atoms with van der Waals surface area (Å²) in [5, 5.41) is 42.1. The number of rotatable bonds is 3. The van der Waals surface area contributed by atoms with Crippen LogP contribution in [0.2, 0.25) is 0 Å². The molecule has 9 atom stereocenters. The number of phenolic OH excluding ortho intramolecular Hbond substituents is 1. The number of phenols is 1. The van der Waals surface area contributed by atoms with E-state index in [-0.39, 0.29) is 17.6 Å². The minimum atomic E-state index is -1.42. The molecule has 4 N–H and O–H groups in total. The fourth-order valence-corrected chi connectivity index (χ4v) is 6.13. The molecule has 0 amide bonds. The molecule has 1 heterocycles. The zero-order valence-corrected chi connectivity index (χ0v) is 20.0. The van der Waals surface area contributed by atoms with E-state index < -0.39 is 30.7 Å². The lowest BCUT2D eigenvalue weighted by Crippen LogP contribution is -2.58. The van der Waals surface area contributed by atoms with Crippen LogP contribution in [0.15, 0.2) is 11.6 Å². The maximum atomic E-state index is 11.3. The highest BCUT2D eigenvalue weighted by Crippen LogP contribution is 2.58. The third-order valence-corrected chi connectivity index (χ3v) is 7.83. The molecule has 9 unspecified atom stereocenters. The van der Waals surface area contributed by atoms with Gasteiger partial charge in [-0.05, 0) is 81.4 Å². The van der Waals surface area contributed by atoms with Crippen LogP contribution in [-0.4, -0.2) is 51.1 Å². The Morgan fingerprint density at radius 3 is 2.31 bits per heavy atom. The van der Waals surface area contributed by atoms with Gasteiger partial charge in [0.2, 0.25) is 6.29 Å². The van der Waals surface area contributed by atoms with Gasteiger partial charge < -0.3 is 29.9 Å². The van der Waals surface area contributed by atoms with Crippen LogP contribution in [0.25, 0.3) is 0 Å². The Bertz CT molecular complexity index is 904. The SMILES string of the molecule is CC(C)=CC1CC(C)C2CCC(C)c3c(OC4OC(C)C(O)C(O)C4O)c(O)c(C)c1c32. The van der Waals surface area contributed by atoms with E-state index in [1.807, 2.05) is 6.92 Å². The average molecular weight is 447 g/mol. The van der Waals surface area contributed by atoms with Crippen LogP contribution >= 0.6 is 0 Å². The monoisotopic (exact) mass is 446 g/mol. The van der Waals surface area contributed by atoms with Gasteiger partial charge in [-0.15, -0.1) is 0 Å². The predicted octanol–water partition coefficient (Wildman–Crippen LogP) is 3.98. The lowest BCUT2D eigenvalue weighted by molar-refractivity contribution is -0.268. The van der Waals surface area contributed by atoms with E-state index in [2.05, 4.69) is 33.8 Å². The molecule has 0 spiro atoms. The Morgan fingerprint density at radius 2 is 1.66 bits per heavy atom. The number of aromatic hydroxyl groups is 1. The Balaban J connectivity index is 1.86. The molecular weight excluding hydrogens is 408 g/mol. The molecule has 4 rings (SSSR count). The molecule has 1 saturated heterocycles. The first kappa shape index (κ1) is 23.6. The highest BCUT2D eigenvalue weighted by Gasteiger charge is 2.46. The largest absolute Gasteiger partial charge is 0.504 e. The lowest BCUT2D eigenvalue weighted by atomic mass is 9.62. The third kappa shape index (κ3) is 3.75. The summed E-state index contributed by atoms with van der Waals surface area (Å²) in [4.78, 5) is 0. The second-order valence-electron chi connectivity index (χ2n) is 10.5. The van der Waals surface area contributed by atoms with Crippen LogP contribution in [0.3, 0.4) is 0 Å². The molecule has 1 aromatic carbocycles. The molecule has 0 bridgehead atoms. The zero-order valence-electron chi connectivity index (χ0n) is 20.0. The second kappa shape index (κ2) is 8.64. The molecule has 1 aromatic rings. The van der Waals surface area contributed by atoms with Crippen molar-refractivity contribution in [3.8, 4) is 11.5 Å². The topological polar surface area (TPSA) is 99.4 Å². The zero-order chi connectivity index (χ0) is 23.5. The predicted molar refractivity (Wildman–Crippen MR) is 122 cm³/mol. The van der Waals surface area contributed by atoms with E-state index in [4.69, 9.17) is 9.47 Å². The molecule has 3 aliphatic rings. The third-order valence-electron chi connectivity index (χ3n) is 7.83. The van der Waals surface area contributed by atoms with Crippen LogP contribution in [0.5, 0.6) is 11.5 Å². The van der Waals surface area contributed by atoms with Crippen molar-refractivity contribution >= 4 is 0 Å². The summed E-state index contributed by atoms with van der Waals surface area (Å²) < 4.78 is 11.8.